The van der Waals surface area contributed by atoms with Crippen LogP contribution in [0.4, 0.5) is 0 Å². The topological polar surface area (TPSA) is 15.3 Å². The molecule has 2 unspecified atom stereocenters. The van der Waals surface area contributed by atoms with Gasteiger partial charge in [0.2, 0.25) is 0 Å². The third-order valence-corrected chi connectivity index (χ3v) is 4.43. The predicted octanol–water partition coefficient (Wildman–Crippen LogP) is 2.92. The van der Waals surface area contributed by atoms with Crippen molar-refractivity contribution in [1.82, 2.24) is 10.2 Å². The van der Waals surface area contributed by atoms with Crippen LogP contribution in [0.5, 0.6) is 0 Å². The summed E-state index contributed by atoms with van der Waals surface area (Å²) >= 11 is 0. The molecule has 1 aromatic carbocycles. The Morgan fingerprint density at radius 3 is 2.84 bits per heavy atom. The number of likely N-dealkylation sites (tertiary alicyclic amines) is 1. The van der Waals surface area contributed by atoms with Crippen molar-refractivity contribution in [2.75, 3.05) is 19.6 Å². The molecule has 2 atom stereocenters. The summed E-state index contributed by atoms with van der Waals surface area (Å²) in [5, 5.41) is 3.67. The molecule has 0 bridgehead atoms. The lowest BCUT2D eigenvalue weighted by atomic mass is 10.0. The summed E-state index contributed by atoms with van der Waals surface area (Å²) in [6.45, 7) is 3.58. The van der Waals surface area contributed by atoms with E-state index in [4.69, 9.17) is 0 Å². The van der Waals surface area contributed by atoms with E-state index in [0.717, 1.165) is 18.6 Å². The van der Waals surface area contributed by atoms with E-state index in [0.29, 0.717) is 0 Å². The zero-order valence-electron chi connectivity index (χ0n) is 11.6. The van der Waals surface area contributed by atoms with Crippen LogP contribution in [-0.2, 0) is 0 Å². The molecule has 0 saturated carbocycles. The minimum atomic E-state index is 0.743. The molecule has 2 heteroatoms. The molecule has 0 aliphatic carbocycles. The van der Waals surface area contributed by atoms with Gasteiger partial charge in [-0.05, 0) is 44.3 Å². The second kappa shape index (κ2) is 6.36. The highest BCUT2D eigenvalue weighted by molar-refractivity contribution is 5.48. The molecule has 0 amide bonds. The molecular weight excluding hydrogens is 232 g/mol. The maximum Gasteiger partial charge on any atom is 0.0253 e. The Bertz CT molecular complexity index is 407. The summed E-state index contributed by atoms with van der Waals surface area (Å²) in [5.41, 5.74) is 1.30. The number of hydrogen-bond donors (Lipinski definition) is 1. The van der Waals surface area contributed by atoms with Crippen molar-refractivity contribution < 1.29 is 0 Å². The first-order valence-corrected chi connectivity index (χ1v) is 7.62. The Labute approximate surface area is 116 Å². The maximum atomic E-state index is 3.67. The molecule has 1 N–H and O–H groups in total. The fourth-order valence-corrected chi connectivity index (χ4v) is 3.46. The SMILES string of the molecule is C(=Cc1ccccc1)CN1CCCC1C1CCCN1. The van der Waals surface area contributed by atoms with Gasteiger partial charge in [0.25, 0.3) is 0 Å². The summed E-state index contributed by atoms with van der Waals surface area (Å²) in [4.78, 5) is 2.66. The van der Waals surface area contributed by atoms with E-state index in [-0.39, 0.29) is 0 Å². The third kappa shape index (κ3) is 3.26. The van der Waals surface area contributed by atoms with E-state index in [1.54, 1.807) is 0 Å². The van der Waals surface area contributed by atoms with Crippen LogP contribution in [0.25, 0.3) is 6.08 Å². The number of benzene rings is 1. The lowest BCUT2D eigenvalue weighted by Crippen LogP contribution is -2.43. The van der Waals surface area contributed by atoms with Crippen LogP contribution in [0.2, 0.25) is 0 Å². The van der Waals surface area contributed by atoms with E-state index >= 15 is 0 Å². The third-order valence-electron chi connectivity index (χ3n) is 4.43. The Morgan fingerprint density at radius 2 is 2.05 bits per heavy atom. The van der Waals surface area contributed by atoms with Crippen LogP contribution in [-0.4, -0.2) is 36.6 Å². The zero-order chi connectivity index (χ0) is 12.9. The van der Waals surface area contributed by atoms with E-state index in [2.05, 4.69) is 52.7 Å². The molecule has 2 nitrogen and oxygen atoms in total. The smallest absolute Gasteiger partial charge is 0.0253 e. The summed E-state index contributed by atoms with van der Waals surface area (Å²) < 4.78 is 0. The number of hydrogen-bond acceptors (Lipinski definition) is 2. The summed E-state index contributed by atoms with van der Waals surface area (Å²) in [5.74, 6) is 0. The quantitative estimate of drug-likeness (QED) is 0.891. The Morgan fingerprint density at radius 1 is 1.16 bits per heavy atom. The predicted molar refractivity (Wildman–Crippen MR) is 81.1 cm³/mol. The van der Waals surface area contributed by atoms with Crippen molar-refractivity contribution >= 4 is 6.08 Å². The molecule has 1 aromatic rings. The van der Waals surface area contributed by atoms with Crippen molar-refractivity contribution in [2.24, 2.45) is 0 Å². The van der Waals surface area contributed by atoms with Crippen molar-refractivity contribution in [2.45, 2.75) is 37.8 Å². The molecule has 19 heavy (non-hydrogen) atoms. The van der Waals surface area contributed by atoms with Gasteiger partial charge in [-0.3, -0.25) is 4.90 Å². The van der Waals surface area contributed by atoms with E-state index in [1.807, 2.05) is 0 Å². The first-order chi connectivity index (χ1) is 9.43. The Balaban J connectivity index is 1.55. The highest BCUT2D eigenvalue weighted by atomic mass is 15.2. The van der Waals surface area contributed by atoms with E-state index in [9.17, 15) is 0 Å². The van der Waals surface area contributed by atoms with Gasteiger partial charge in [-0.15, -0.1) is 0 Å². The normalized spacial score (nSPS) is 28.4. The lowest BCUT2D eigenvalue weighted by Gasteiger charge is -2.28. The summed E-state index contributed by atoms with van der Waals surface area (Å²) in [6.07, 6.45) is 10.0. The minimum Gasteiger partial charge on any atom is -0.312 e. The van der Waals surface area contributed by atoms with Crippen LogP contribution >= 0.6 is 0 Å². The molecule has 3 rings (SSSR count). The van der Waals surface area contributed by atoms with Gasteiger partial charge in [0, 0.05) is 18.6 Å². The van der Waals surface area contributed by atoms with Crippen LogP contribution in [0.3, 0.4) is 0 Å². The fraction of sp³-hybridized carbons (Fsp3) is 0.529. The van der Waals surface area contributed by atoms with Crippen molar-refractivity contribution in [3.63, 3.8) is 0 Å². The van der Waals surface area contributed by atoms with Gasteiger partial charge >= 0.3 is 0 Å². The summed E-state index contributed by atoms with van der Waals surface area (Å²) in [6, 6.07) is 12.1. The van der Waals surface area contributed by atoms with Crippen molar-refractivity contribution in [3.05, 3.63) is 42.0 Å². The minimum absolute atomic E-state index is 0.743. The largest absolute Gasteiger partial charge is 0.312 e. The molecule has 2 heterocycles. The van der Waals surface area contributed by atoms with Gasteiger partial charge < -0.3 is 5.32 Å². The average molecular weight is 256 g/mol. The number of rotatable bonds is 4. The standard InChI is InChI=1S/C17H24N2/c1-2-7-15(8-3-1)9-5-13-19-14-6-11-17(19)16-10-4-12-18-16/h1-3,5,7-9,16-18H,4,6,10-14H2. The van der Waals surface area contributed by atoms with Gasteiger partial charge in [-0.1, -0.05) is 42.5 Å². The molecule has 0 radical (unpaired) electrons. The Kier molecular flexibility index (Phi) is 4.31. The molecule has 2 aliphatic heterocycles. The van der Waals surface area contributed by atoms with Crippen molar-refractivity contribution in [1.29, 1.82) is 0 Å². The van der Waals surface area contributed by atoms with Gasteiger partial charge in [0.05, 0.1) is 0 Å². The van der Waals surface area contributed by atoms with Gasteiger partial charge in [0.1, 0.15) is 0 Å². The molecule has 0 spiro atoms. The first-order valence-electron chi connectivity index (χ1n) is 7.62. The van der Waals surface area contributed by atoms with Gasteiger partial charge in [0.15, 0.2) is 0 Å². The van der Waals surface area contributed by atoms with E-state index in [1.165, 1.54) is 44.3 Å². The fourth-order valence-electron chi connectivity index (χ4n) is 3.46. The van der Waals surface area contributed by atoms with Gasteiger partial charge in [-0.2, -0.15) is 0 Å². The lowest BCUT2D eigenvalue weighted by molar-refractivity contribution is 0.235. The van der Waals surface area contributed by atoms with E-state index < -0.39 is 0 Å². The average Bonchev–Trinajstić information content (AvgIpc) is 3.10. The number of nitrogens with zero attached hydrogens (tertiary/aromatic N) is 1. The second-order valence-electron chi connectivity index (χ2n) is 5.72. The van der Waals surface area contributed by atoms with Crippen LogP contribution in [0.1, 0.15) is 31.2 Å². The molecule has 0 aromatic heterocycles. The highest BCUT2D eigenvalue weighted by Crippen LogP contribution is 2.24. The van der Waals surface area contributed by atoms with Gasteiger partial charge in [-0.25, -0.2) is 0 Å². The monoisotopic (exact) mass is 256 g/mol. The first kappa shape index (κ1) is 12.9. The second-order valence-corrected chi connectivity index (χ2v) is 5.72. The highest BCUT2D eigenvalue weighted by Gasteiger charge is 2.32. The molecule has 2 saturated heterocycles. The van der Waals surface area contributed by atoms with Crippen LogP contribution in [0, 0.1) is 0 Å². The zero-order valence-corrected chi connectivity index (χ0v) is 11.6. The maximum absolute atomic E-state index is 3.67. The molecule has 102 valence electrons. The summed E-state index contributed by atoms with van der Waals surface area (Å²) in [7, 11) is 0. The molecule has 2 aliphatic rings. The molecular formula is C17H24N2. The molecule has 2 fully saturated rings. The Hall–Kier alpha value is -1.12. The van der Waals surface area contributed by atoms with Crippen molar-refractivity contribution in [3.8, 4) is 0 Å². The number of nitrogens with one attached hydrogen (secondary N) is 1. The van der Waals surface area contributed by atoms with Crippen LogP contribution in [0.15, 0.2) is 36.4 Å². The van der Waals surface area contributed by atoms with Crippen LogP contribution < -0.4 is 5.32 Å².